The molecule has 0 saturated carbocycles. The van der Waals surface area contributed by atoms with Crippen LogP contribution in [0.15, 0.2) is 17.5 Å². The van der Waals surface area contributed by atoms with Crippen molar-refractivity contribution in [3.8, 4) is 0 Å². The largest absolute Gasteiger partial charge is 0.144 e. The van der Waals surface area contributed by atoms with Crippen molar-refractivity contribution in [2.45, 2.75) is 19.7 Å². The number of thiophene rings is 1. The van der Waals surface area contributed by atoms with Crippen molar-refractivity contribution < 1.29 is 0 Å². The van der Waals surface area contributed by atoms with Crippen LogP contribution in [0.1, 0.15) is 16.7 Å². The van der Waals surface area contributed by atoms with Gasteiger partial charge in [-0.3, -0.25) is 0 Å². The fraction of sp³-hybridized carbons (Fsp3) is 0.273. The van der Waals surface area contributed by atoms with Crippen molar-refractivity contribution >= 4 is 33.0 Å². The Morgan fingerprint density at radius 1 is 1.31 bits per heavy atom. The van der Waals surface area contributed by atoms with Crippen LogP contribution in [-0.4, -0.2) is 0 Å². The van der Waals surface area contributed by atoms with Gasteiger partial charge in [-0.05, 0) is 53.4 Å². The molecule has 2 heteroatoms. The van der Waals surface area contributed by atoms with Crippen molar-refractivity contribution in [3.63, 3.8) is 0 Å². The number of alkyl halides is 1. The minimum absolute atomic E-state index is 0.610. The normalized spacial score (nSPS) is 11.0. The SMILES string of the molecule is Cc1c(CCl)cc2ccsc2c1C. The predicted molar refractivity (Wildman–Crippen MR) is 60.9 cm³/mol. The Hall–Kier alpha value is -0.530. The van der Waals surface area contributed by atoms with Crippen LogP contribution in [0.2, 0.25) is 0 Å². The second kappa shape index (κ2) is 3.32. The van der Waals surface area contributed by atoms with Crippen molar-refractivity contribution in [3.05, 3.63) is 34.2 Å². The van der Waals surface area contributed by atoms with Crippen molar-refractivity contribution in [1.29, 1.82) is 0 Å². The molecule has 68 valence electrons. The van der Waals surface area contributed by atoms with E-state index in [2.05, 4.69) is 31.4 Å². The fourth-order valence-electron chi connectivity index (χ4n) is 1.58. The van der Waals surface area contributed by atoms with Crippen molar-refractivity contribution in [1.82, 2.24) is 0 Å². The zero-order valence-electron chi connectivity index (χ0n) is 7.73. The number of fused-ring (bicyclic) bond motifs is 1. The molecule has 1 heterocycles. The van der Waals surface area contributed by atoms with Gasteiger partial charge in [-0.25, -0.2) is 0 Å². The molecule has 0 spiro atoms. The second-order valence-corrected chi connectivity index (χ2v) is 4.44. The maximum Gasteiger partial charge on any atom is 0.0477 e. The molecular formula is C11H11ClS. The average Bonchev–Trinajstić information content (AvgIpc) is 2.59. The lowest BCUT2D eigenvalue weighted by molar-refractivity contribution is 1.27. The predicted octanol–water partition coefficient (Wildman–Crippen LogP) is 4.26. The van der Waals surface area contributed by atoms with Crippen LogP contribution >= 0.6 is 22.9 Å². The number of aryl methyl sites for hydroxylation is 1. The summed E-state index contributed by atoms with van der Waals surface area (Å²) in [5.41, 5.74) is 3.97. The van der Waals surface area contributed by atoms with E-state index in [9.17, 15) is 0 Å². The van der Waals surface area contributed by atoms with E-state index in [4.69, 9.17) is 11.6 Å². The lowest BCUT2D eigenvalue weighted by Crippen LogP contribution is -1.88. The van der Waals surface area contributed by atoms with E-state index in [1.165, 1.54) is 26.8 Å². The minimum atomic E-state index is 0.610. The number of hydrogen-bond donors (Lipinski definition) is 0. The zero-order valence-corrected chi connectivity index (χ0v) is 9.30. The molecule has 0 aliphatic rings. The van der Waals surface area contributed by atoms with Crippen molar-refractivity contribution in [2.24, 2.45) is 0 Å². The Bertz CT molecular complexity index is 443. The maximum atomic E-state index is 5.87. The Labute approximate surface area is 87.2 Å². The summed E-state index contributed by atoms with van der Waals surface area (Å²) < 4.78 is 1.39. The van der Waals surface area contributed by atoms with Crippen LogP contribution < -0.4 is 0 Å². The van der Waals surface area contributed by atoms with Crippen molar-refractivity contribution in [2.75, 3.05) is 0 Å². The Morgan fingerprint density at radius 2 is 2.08 bits per heavy atom. The first-order valence-electron chi connectivity index (χ1n) is 4.26. The van der Waals surface area contributed by atoms with E-state index in [1.54, 1.807) is 11.3 Å². The highest BCUT2D eigenvalue weighted by Crippen LogP contribution is 2.29. The van der Waals surface area contributed by atoms with E-state index in [-0.39, 0.29) is 0 Å². The van der Waals surface area contributed by atoms with Crippen LogP contribution in [0, 0.1) is 13.8 Å². The molecule has 0 unspecified atom stereocenters. The molecule has 0 fully saturated rings. The van der Waals surface area contributed by atoms with Gasteiger partial charge in [0.1, 0.15) is 0 Å². The summed E-state index contributed by atoms with van der Waals surface area (Å²) in [4.78, 5) is 0. The first-order chi connectivity index (χ1) is 6.24. The third-order valence-electron chi connectivity index (χ3n) is 2.55. The first kappa shape index (κ1) is 9.04. The van der Waals surface area contributed by atoms with Gasteiger partial charge in [0.05, 0.1) is 0 Å². The summed E-state index contributed by atoms with van der Waals surface area (Å²) in [6.45, 7) is 4.32. The summed E-state index contributed by atoms with van der Waals surface area (Å²) in [6, 6.07) is 4.35. The quantitative estimate of drug-likeness (QED) is 0.618. The van der Waals surface area contributed by atoms with Crippen LogP contribution in [0.5, 0.6) is 0 Å². The molecule has 1 aromatic heterocycles. The van der Waals surface area contributed by atoms with Gasteiger partial charge in [-0.1, -0.05) is 0 Å². The average molecular weight is 211 g/mol. The fourth-order valence-corrected chi connectivity index (χ4v) is 2.80. The highest BCUT2D eigenvalue weighted by Gasteiger charge is 2.06. The van der Waals surface area contributed by atoms with Gasteiger partial charge in [0.2, 0.25) is 0 Å². The molecule has 0 amide bonds. The van der Waals surface area contributed by atoms with E-state index >= 15 is 0 Å². The molecule has 0 N–H and O–H groups in total. The van der Waals surface area contributed by atoms with Crippen LogP contribution in [0.3, 0.4) is 0 Å². The zero-order chi connectivity index (χ0) is 9.42. The smallest absolute Gasteiger partial charge is 0.0477 e. The topological polar surface area (TPSA) is 0 Å². The van der Waals surface area contributed by atoms with Gasteiger partial charge in [-0.15, -0.1) is 22.9 Å². The molecular weight excluding hydrogens is 200 g/mol. The molecule has 0 aliphatic carbocycles. The summed E-state index contributed by atoms with van der Waals surface area (Å²) >= 11 is 7.68. The Kier molecular flexibility index (Phi) is 2.31. The number of rotatable bonds is 1. The monoisotopic (exact) mass is 210 g/mol. The van der Waals surface area contributed by atoms with E-state index < -0.39 is 0 Å². The molecule has 2 rings (SSSR count). The van der Waals surface area contributed by atoms with Gasteiger partial charge in [0.25, 0.3) is 0 Å². The lowest BCUT2D eigenvalue weighted by Gasteiger charge is -2.06. The highest BCUT2D eigenvalue weighted by atomic mass is 35.5. The van der Waals surface area contributed by atoms with Crippen LogP contribution in [0.4, 0.5) is 0 Å². The molecule has 0 aliphatic heterocycles. The van der Waals surface area contributed by atoms with Gasteiger partial charge in [0.15, 0.2) is 0 Å². The van der Waals surface area contributed by atoms with Gasteiger partial charge >= 0.3 is 0 Å². The molecule has 0 radical (unpaired) electrons. The molecule has 0 nitrogen and oxygen atoms in total. The third kappa shape index (κ3) is 1.36. The van der Waals surface area contributed by atoms with Gasteiger partial charge < -0.3 is 0 Å². The summed E-state index contributed by atoms with van der Waals surface area (Å²) in [5.74, 6) is 0.610. The van der Waals surface area contributed by atoms with Crippen LogP contribution in [-0.2, 0) is 5.88 Å². The molecule has 0 saturated heterocycles. The second-order valence-electron chi connectivity index (χ2n) is 3.26. The maximum absolute atomic E-state index is 5.87. The molecule has 0 bridgehead atoms. The number of hydrogen-bond acceptors (Lipinski definition) is 1. The number of benzene rings is 1. The molecule has 13 heavy (non-hydrogen) atoms. The third-order valence-corrected chi connectivity index (χ3v) is 3.89. The highest BCUT2D eigenvalue weighted by molar-refractivity contribution is 7.17. The Morgan fingerprint density at radius 3 is 2.77 bits per heavy atom. The summed E-state index contributed by atoms with van der Waals surface area (Å²) in [5, 5.41) is 3.46. The summed E-state index contributed by atoms with van der Waals surface area (Å²) in [6.07, 6.45) is 0. The Balaban J connectivity index is 2.83. The number of halogens is 1. The minimum Gasteiger partial charge on any atom is -0.144 e. The van der Waals surface area contributed by atoms with Crippen LogP contribution in [0.25, 0.3) is 10.1 Å². The molecule has 2 aromatic rings. The lowest BCUT2D eigenvalue weighted by atomic mass is 10.0. The molecule has 1 aromatic carbocycles. The first-order valence-corrected chi connectivity index (χ1v) is 5.67. The van der Waals surface area contributed by atoms with E-state index in [1.807, 2.05) is 0 Å². The van der Waals surface area contributed by atoms with E-state index in [0.29, 0.717) is 5.88 Å². The van der Waals surface area contributed by atoms with Gasteiger partial charge in [-0.2, -0.15) is 0 Å². The standard InChI is InChI=1S/C11H11ClS/c1-7-8(2)11-9(3-4-13-11)5-10(7)6-12/h3-5H,6H2,1-2H3. The summed E-state index contributed by atoms with van der Waals surface area (Å²) in [7, 11) is 0. The van der Waals surface area contributed by atoms with Gasteiger partial charge in [0, 0.05) is 10.6 Å². The van der Waals surface area contributed by atoms with E-state index in [0.717, 1.165) is 0 Å². The molecule has 0 atom stereocenters.